The first kappa shape index (κ1) is 22.0. The van der Waals surface area contributed by atoms with Gasteiger partial charge in [-0.25, -0.2) is 4.98 Å². The summed E-state index contributed by atoms with van der Waals surface area (Å²) < 4.78 is 0. The molecule has 6 nitrogen and oxygen atoms in total. The number of carbonyl (C=O) groups excluding carboxylic acids is 1. The molecule has 9 heteroatoms. The lowest BCUT2D eigenvalue weighted by molar-refractivity contribution is 0.0777. The number of likely N-dealkylation sites (tertiary alicyclic amines) is 1. The zero-order chi connectivity index (χ0) is 17.2. The number of aromatic nitrogens is 2. The summed E-state index contributed by atoms with van der Waals surface area (Å²) in [7, 11) is 0. The minimum Gasteiger partial charge on any atom is -0.336 e. The molecule has 1 N–H and O–H groups in total. The first-order chi connectivity index (χ1) is 12.2. The minimum atomic E-state index is 0. The second-order valence-corrected chi connectivity index (χ2v) is 7.63. The molecular weight excluding hydrogens is 405 g/mol. The van der Waals surface area contributed by atoms with Crippen LogP contribution in [0.15, 0.2) is 24.4 Å². The topological polar surface area (TPSA) is 61.4 Å². The smallest absolute Gasteiger partial charge is 0.265 e. The largest absolute Gasteiger partial charge is 0.336 e. The van der Waals surface area contributed by atoms with E-state index in [2.05, 4.69) is 20.2 Å². The van der Waals surface area contributed by atoms with E-state index in [9.17, 15) is 4.79 Å². The van der Waals surface area contributed by atoms with Gasteiger partial charge in [0, 0.05) is 51.5 Å². The highest BCUT2D eigenvalue weighted by molar-refractivity contribution is 7.17. The van der Waals surface area contributed by atoms with E-state index in [0.717, 1.165) is 67.0 Å². The average Bonchev–Trinajstić information content (AvgIpc) is 3.30. The Morgan fingerprint density at radius 2 is 2.00 bits per heavy atom. The fourth-order valence-corrected chi connectivity index (χ4v) is 4.62. The summed E-state index contributed by atoms with van der Waals surface area (Å²) >= 11 is 1.46. The molecule has 1 unspecified atom stereocenters. The molecule has 0 bridgehead atoms. The highest BCUT2D eigenvalue weighted by Crippen LogP contribution is 2.29. The predicted molar refractivity (Wildman–Crippen MR) is 113 cm³/mol. The van der Waals surface area contributed by atoms with Crippen LogP contribution in [0.2, 0.25) is 0 Å². The molecule has 2 aromatic rings. The van der Waals surface area contributed by atoms with E-state index in [4.69, 9.17) is 0 Å². The van der Waals surface area contributed by atoms with Gasteiger partial charge >= 0.3 is 0 Å². The molecule has 0 saturated carbocycles. The standard InChI is InChI=1S/C18H23N5OS.2ClH/c1-13-16(25-17(21-13)15-4-2-3-6-20-15)18(24)23-9-5-14(12-23)22-10-7-19-8-11-22;;/h2-4,6,14,19H,5,7-12H2,1H3;2*1H. The Labute approximate surface area is 176 Å². The third kappa shape index (κ3) is 4.78. The molecule has 0 aliphatic carbocycles. The quantitative estimate of drug-likeness (QED) is 0.811. The highest BCUT2D eigenvalue weighted by Gasteiger charge is 2.32. The van der Waals surface area contributed by atoms with Gasteiger partial charge in [0.25, 0.3) is 5.91 Å². The average molecular weight is 430 g/mol. The van der Waals surface area contributed by atoms with Gasteiger partial charge in [0.05, 0.1) is 11.4 Å². The molecule has 0 aromatic carbocycles. The monoisotopic (exact) mass is 429 g/mol. The Hall–Kier alpha value is -1.25. The van der Waals surface area contributed by atoms with E-state index in [1.54, 1.807) is 6.20 Å². The van der Waals surface area contributed by atoms with Gasteiger partial charge in [-0.15, -0.1) is 36.2 Å². The molecule has 4 rings (SSSR count). The molecule has 1 amide bonds. The zero-order valence-electron chi connectivity index (χ0n) is 15.3. The van der Waals surface area contributed by atoms with E-state index in [-0.39, 0.29) is 30.7 Å². The number of pyridine rings is 1. The van der Waals surface area contributed by atoms with Crippen LogP contribution in [-0.4, -0.2) is 71.0 Å². The van der Waals surface area contributed by atoms with E-state index >= 15 is 0 Å². The second-order valence-electron chi connectivity index (χ2n) is 6.63. The Morgan fingerprint density at radius 3 is 2.70 bits per heavy atom. The van der Waals surface area contributed by atoms with Gasteiger partial charge in [-0.05, 0) is 25.5 Å². The van der Waals surface area contributed by atoms with Crippen molar-refractivity contribution in [3.05, 3.63) is 35.0 Å². The van der Waals surface area contributed by atoms with Crippen LogP contribution in [0.25, 0.3) is 10.7 Å². The minimum absolute atomic E-state index is 0. The maximum absolute atomic E-state index is 13.0. The number of halogens is 2. The fourth-order valence-electron chi connectivity index (χ4n) is 3.61. The van der Waals surface area contributed by atoms with Gasteiger partial charge in [0.1, 0.15) is 9.88 Å². The number of rotatable bonds is 3. The van der Waals surface area contributed by atoms with Crippen LogP contribution in [0.4, 0.5) is 0 Å². The van der Waals surface area contributed by atoms with E-state index in [1.807, 2.05) is 30.0 Å². The Morgan fingerprint density at radius 1 is 1.22 bits per heavy atom. The molecule has 148 valence electrons. The van der Waals surface area contributed by atoms with Crippen LogP contribution in [0.3, 0.4) is 0 Å². The van der Waals surface area contributed by atoms with Crippen LogP contribution >= 0.6 is 36.2 Å². The summed E-state index contributed by atoms with van der Waals surface area (Å²) in [5.74, 6) is 0.120. The third-order valence-electron chi connectivity index (χ3n) is 4.99. The van der Waals surface area contributed by atoms with Gasteiger partial charge in [0.2, 0.25) is 0 Å². The first-order valence-electron chi connectivity index (χ1n) is 8.85. The van der Waals surface area contributed by atoms with Crippen LogP contribution in [0.1, 0.15) is 21.8 Å². The molecule has 2 fully saturated rings. The van der Waals surface area contributed by atoms with Gasteiger partial charge in [-0.1, -0.05) is 6.07 Å². The molecule has 1 atom stereocenters. The van der Waals surface area contributed by atoms with Crippen LogP contribution in [0, 0.1) is 6.92 Å². The summed E-state index contributed by atoms with van der Waals surface area (Å²) in [6.07, 6.45) is 2.82. The van der Waals surface area contributed by atoms with E-state index in [0.29, 0.717) is 6.04 Å². The van der Waals surface area contributed by atoms with E-state index < -0.39 is 0 Å². The summed E-state index contributed by atoms with van der Waals surface area (Å²) in [6, 6.07) is 6.26. The number of thiazole rings is 1. The maximum atomic E-state index is 13.0. The lowest BCUT2D eigenvalue weighted by Gasteiger charge is -2.32. The molecule has 0 radical (unpaired) electrons. The number of carbonyl (C=O) groups is 1. The Bertz CT molecular complexity index is 751. The summed E-state index contributed by atoms with van der Waals surface area (Å²) in [6.45, 7) is 7.84. The first-order valence-corrected chi connectivity index (χ1v) is 9.67. The van der Waals surface area contributed by atoms with Crippen molar-refractivity contribution in [2.75, 3.05) is 39.3 Å². The lowest BCUT2D eigenvalue weighted by atomic mass is 10.2. The van der Waals surface area contributed by atoms with Crippen LogP contribution < -0.4 is 5.32 Å². The molecule has 2 aromatic heterocycles. The number of nitrogens with one attached hydrogen (secondary N) is 1. The van der Waals surface area contributed by atoms with Crippen molar-refractivity contribution < 1.29 is 4.79 Å². The maximum Gasteiger partial charge on any atom is 0.265 e. The highest BCUT2D eigenvalue weighted by atomic mass is 35.5. The van der Waals surface area contributed by atoms with Crippen molar-refractivity contribution in [2.45, 2.75) is 19.4 Å². The zero-order valence-corrected chi connectivity index (χ0v) is 17.7. The van der Waals surface area contributed by atoms with Crippen LogP contribution in [-0.2, 0) is 0 Å². The number of piperazine rings is 1. The molecular formula is C18H25Cl2N5OS. The van der Waals surface area contributed by atoms with Crippen molar-refractivity contribution in [1.29, 1.82) is 0 Å². The molecule has 4 heterocycles. The van der Waals surface area contributed by atoms with Crippen molar-refractivity contribution >= 4 is 42.1 Å². The van der Waals surface area contributed by atoms with Crippen molar-refractivity contribution in [3.8, 4) is 10.7 Å². The lowest BCUT2D eigenvalue weighted by Crippen LogP contribution is -2.49. The summed E-state index contributed by atoms with van der Waals surface area (Å²) in [5, 5.41) is 4.21. The Balaban J connectivity index is 0.00000131. The van der Waals surface area contributed by atoms with Crippen molar-refractivity contribution in [3.63, 3.8) is 0 Å². The Kier molecular flexibility index (Phi) is 8.00. The van der Waals surface area contributed by atoms with Gasteiger partial charge < -0.3 is 10.2 Å². The fraction of sp³-hybridized carbons (Fsp3) is 0.500. The van der Waals surface area contributed by atoms with Gasteiger partial charge in [-0.3, -0.25) is 14.7 Å². The predicted octanol–water partition coefficient (Wildman–Crippen LogP) is 2.48. The molecule has 2 aliphatic rings. The van der Waals surface area contributed by atoms with Crippen molar-refractivity contribution in [2.24, 2.45) is 0 Å². The molecule has 2 aliphatic heterocycles. The van der Waals surface area contributed by atoms with E-state index in [1.165, 1.54) is 11.3 Å². The third-order valence-corrected chi connectivity index (χ3v) is 6.16. The SMILES string of the molecule is Cc1nc(-c2ccccn2)sc1C(=O)N1CCC(N2CCNCC2)C1.Cl.Cl. The number of hydrogen-bond donors (Lipinski definition) is 1. The summed E-state index contributed by atoms with van der Waals surface area (Å²) in [5.41, 5.74) is 1.64. The number of aryl methyl sites for hydroxylation is 1. The van der Waals surface area contributed by atoms with Crippen LogP contribution in [0.5, 0.6) is 0 Å². The second kappa shape index (κ2) is 9.80. The number of hydrogen-bond acceptors (Lipinski definition) is 6. The number of amides is 1. The normalized spacial score (nSPS) is 20.0. The van der Waals surface area contributed by atoms with Gasteiger partial charge in [0.15, 0.2) is 0 Å². The molecule has 2 saturated heterocycles. The van der Waals surface area contributed by atoms with Gasteiger partial charge in [-0.2, -0.15) is 0 Å². The number of nitrogens with zero attached hydrogens (tertiary/aromatic N) is 4. The molecule has 27 heavy (non-hydrogen) atoms. The van der Waals surface area contributed by atoms with Crippen molar-refractivity contribution in [1.82, 2.24) is 25.1 Å². The molecule has 0 spiro atoms. The summed E-state index contributed by atoms with van der Waals surface area (Å²) in [4.78, 5) is 27.2.